The van der Waals surface area contributed by atoms with Gasteiger partial charge in [0.15, 0.2) is 0 Å². The standard InChI is InChI=1S/C22H33N5O7/c1-3-12(2)18(21(32)26-16(22(33)34)10-17(24)29)27-20(31)15(25-19(30)14(23)11-28)9-13-7-5-4-6-8-13/h4-8,12,14-16,18,28H,3,9-11,23H2,1-2H3,(H2,24,29)(H,25,30)(H,26,32)(H,27,31)(H,33,34). The van der Waals surface area contributed by atoms with Crippen molar-refractivity contribution in [3.63, 3.8) is 0 Å². The summed E-state index contributed by atoms with van der Waals surface area (Å²) in [4.78, 5) is 60.8. The number of rotatable bonds is 14. The third kappa shape index (κ3) is 9.16. The van der Waals surface area contributed by atoms with Crippen LogP contribution in [0.25, 0.3) is 0 Å². The predicted octanol–water partition coefficient (Wildman–Crippen LogP) is -1.99. The van der Waals surface area contributed by atoms with E-state index in [1.807, 2.05) is 0 Å². The van der Waals surface area contributed by atoms with Crippen LogP contribution in [0.3, 0.4) is 0 Å². The van der Waals surface area contributed by atoms with Gasteiger partial charge in [0.2, 0.25) is 23.6 Å². The molecule has 0 spiro atoms. The lowest BCUT2D eigenvalue weighted by Gasteiger charge is -2.28. The predicted molar refractivity (Wildman–Crippen MR) is 122 cm³/mol. The first-order chi connectivity index (χ1) is 16.0. The number of aliphatic hydroxyl groups is 1. The van der Waals surface area contributed by atoms with Crippen molar-refractivity contribution in [1.29, 1.82) is 0 Å². The fourth-order valence-electron chi connectivity index (χ4n) is 3.04. The molecule has 5 atom stereocenters. The molecule has 0 fully saturated rings. The molecule has 1 aromatic rings. The minimum Gasteiger partial charge on any atom is -0.480 e. The fourth-order valence-corrected chi connectivity index (χ4v) is 3.04. The van der Waals surface area contributed by atoms with E-state index < -0.39 is 72.7 Å². The second kappa shape index (κ2) is 13.9. The molecule has 0 heterocycles. The largest absolute Gasteiger partial charge is 0.480 e. The van der Waals surface area contributed by atoms with Gasteiger partial charge in [-0.05, 0) is 11.5 Å². The van der Waals surface area contributed by atoms with E-state index in [9.17, 15) is 29.1 Å². The van der Waals surface area contributed by atoms with Crippen LogP contribution in [-0.4, -0.2) is 70.6 Å². The SMILES string of the molecule is CCC(C)C(NC(=O)C(Cc1ccccc1)NC(=O)C(N)CO)C(=O)NC(CC(N)=O)C(=O)O. The van der Waals surface area contributed by atoms with E-state index >= 15 is 0 Å². The van der Waals surface area contributed by atoms with Crippen LogP contribution in [-0.2, 0) is 30.4 Å². The molecule has 1 aromatic carbocycles. The first-order valence-electron chi connectivity index (χ1n) is 10.8. The average Bonchev–Trinajstić information content (AvgIpc) is 2.80. The van der Waals surface area contributed by atoms with Gasteiger partial charge in [0, 0.05) is 6.42 Å². The Balaban J connectivity index is 3.11. The molecule has 0 saturated heterocycles. The summed E-state index contributed by atoms with van der Waals surface area (Å²) in [7, 11) is 0. The zero-order valence-corrected chi connectivity index (χ0v) is 19.2. The smallest absolute Gasteiger partial charge is 0.326 e. The minimum atomic E-state index is -1.56. The molecule has 0 bridgehead atoms. The third-order valence-electron chi connectivity index (χ3n) is 5.26. The Kier molecular flexibility index (Phi) is 11.7. The number of carbonyl (C=O) groups is 5. The molecule has 1 rings (SSSR count). The van der Waals surface area contributed by atoms with Crippen molar-refractivity contribution in [2.75, 3.05) is 6.61 Å². The molecule has 9 N–H and O–H groups in total. The highest BCUT2D eigenvalue weighted by atomic mass is 16.4. The van der Waals surface area contributed by atoms with Gasteiger partial charge in [0.25, 0.3) is 0 Å². The molecule has 5 unspecified atom stereocenters. The van der Waals surface area contributed by atoms with Crippen molar-refractivity contribution in [1.82, 2.24) is 16.0 Å². The summed E-state index contributed by atoms with van der Waals surface area (Å²) < 4.78 is 0. The monoisotopic (exact) mass is 479 g/mol. The molecule has 4 amide bonds. The molecule has 12 heteroatoms. The topological polar surface area (TPSA) is 214 Å². The normalized spacial score (nSPS) is 15.2. The summed E-state index contributed by atoms with van der Waals surface area (Å²) in [6, 6.07) is 3.70. The molecule has 0 saturated carbocycles. The van der Waals surface area contributed by atoms with Gasteiger partial charge in [-0.1, -0.05) is 50.6 Å². The molecule has 12 nitrogen and oxygen atoms in total. The maximum Gasteiger partial charge on any atom is 0.326 e. The van der Waals surface area contributed by atoms with E-state index in [4.69, 9.17) is 16.6 Å². The number of hydrogen-bond acceptors (Lipinski definition) is 7. The Morgan fingerprint density at radius 2 is 1.53 bits per heavy atom. The van der Waals surface area contributed by atoms with Crippen molar-refractivity contribution in [2.45, 2.75) is 57.3 Å². The summed E-state index contributed by atoms with van der Waals surface area (Å²) >= 11 is 0. The molecular weight excluding hydrogens is 446 g/mol. The number of nitrogens with one attached hydrogen (secondary N) is 3. The Morgan fingerprint density at radius 1 is 0.941 bits per heavy atom. The van der Waals surface area contributed by atoms with Crippen LogP contribution in [0.2, 0.25) is 0 Å². The molecule has 34 heavy (non-hydrogen) atoms. The molecular formula is C22H33N5O7. The second-order valence-corrected chi connectivity index (χ2v) is 7.98. The lowest BCUT2D eigenvalue weighted by molar-refractivity contribution is -0.144. The van der Waals surface area contributed by atoms with Crippen LogP contribution in [0, 0.1) is 5.92 Å². The first kappa shape index (κ1) is 28.5. The van der Waals surface area contributed by atoms with Gasteiger partial charge >= 0.3 is 5.97 Å². The highest BCUT2D eigenvalue weighted by Gasteiger charge is 2.33. The molecule has 0 aliphatic rings. The van der Waals surface area contributed by atoms with Crippen LogP contribution in [0.4, 0.5) is 0 Å². The van der Waals surface area contributed by atoms with E-state index in [1.165, 1.54) is 0 Å². The van der Waals surface area contributed by atoms with Crippen molar-refractivity contribution < 1.29 is 34.2 Å². The average molecular weight is 480 g/mol. The van der Waals surface area contributed by atoms with Crippen LogP contribution >= 0.6 is 0 Å². The number of nitrogens with two attached hydrogens (primary N) is 2. The summed E-state index contributed by atoms with van der Waals surface area (Å²) in [5.41, 5.74) is 11.3. The van der Waals surface area contributed by atoms with Gasteiger partial charge in [0.1, 0.15) is 24.2 Å². The van der Waals surface area contributed by atoms with Crippen LogP contribution in [0.1, 0.15) is 32.3 Å². The van der Waals surface area contributed by atoms with Crippen LogP contribution < -0.4 is 27.4 Å². The third-order valence-corrected chi connectivity index (χ3v) is 5.26. The number of carboxylic acids is 1. The van der Waals surface area contributed by atoms with Gasteiger partial charge in [-0.2, -0.15) is 0 Å². The summed E-state index contributed by atoms with van der Waals surface area (Å²) in [6.45, 7) is 2.83. The summed E-state index contributed by atoms with van der Waals surface area (Å²) in [5.74, 6) is -5.05. The van der Waals surface area contributed by atoms with Gasteiger partial charge in [0.05, 0.1) is 13.0 Å². The second-order valence-electron chi connectivity index (χ2n) is 7.98. The van der Waals surface area contributed by atoms with E-state index in [1.54, 1.807) is 44.2 Å². The Bertz CT molecular complexity index is 864. The highest BCUT2D eigenvalue weighted by Crippen LogP contribution is 2.11. The lowest BCUT2D eigenvalue weighted by Crippen LogP contribution is -2.59. The van der Waals surface area contributed by atoms with E-state index in [0.29, 0.717) is 6.42 Å². The number of carboxylic acid groups (broad SMARTS) is 1. The molecule has 0 radical (unpaired) electrons. The van der Waals surface area contributed by atoms with Gasteiger partial charge in [-0.25, -0.2) is 4.79 Å². The molecule has 188 valence electrons. The maximum atomic E-state index is 13.1. The van der Waals surface area contributed by atoms with Crippen LogP contribution in [0.5, 0.6) is 0 Å². The Morgan fingerprint density at radius 3 is 2.03 bits per heavy atom. The maximum absolute atomic E-state index is 13.1. The number of primary amides is 1. The number of benzene rings is 1. The Labute approximate surface area is 197 Å². The molecule has 0 aromatic heterocycles. The van der Waals surface area contributed by atoms with Gasteiger partial charge in [-0.15, -0.1) is 0 Å². The van der Waals surface area contributed by atoms with Crippen molar-refractivity contribution >= 4 is 29.6 Å². The van der Waals surface area contributed by atoms with Gasteiger partial charge < -0.3 is 37.6 Å². The molecule has 0 aliphatic heterocycles. The fraction of sp³-hybridized carbons (Fsp3) is 0.500. The van der Waals surface area contributed by atoms with E-state index in [0.717, 1.165) is 5.56 Å². The van der Waals surface area contributed by atoms with Crippen molar-refractivity contribution in [2.24, 2.45) is 17.4 Å². The lowest BCUT2D eigenvalue weighted by atomic mass is 9.96. The highest BCUT2D eigenvalue weighted by molar-refractivity contribution is 5.95. The molecule has 0 aliphatic carbocycles. The van der Waals surface area contributed by atoms with Gasteiger partial charge in [-0.3, -0.25) is 19.2 Å². The number of aliphatic hydroxyl groups excluding tert-OH is 1. The van der Waals surface area contributed by atoms with E-state index in [-0.39, 0.29) is 6.42 Å². The Hall–Kier alpha value is -3.51. The zero-order chi connectivity index (χ0) is 25.8. The summed E-state index contributed by atoms with van der Waals surface area (Å²) in [6.07, 6.45) is -0.0875. The number of carbonyl (C=O) groups excluding carboxylic acids is 4. The number of hydrogen-bond donors (Lipinski definition) is 7. The van der Waals surface area contributed by atoms with E-state index in [2.05, 4.69) is 16.0 Å². The number of aliphatic carboxylic acids is 1. The quantitative estimate of drug-likeness (QED) is 0.158. The first-order valence-corrected chi connectivity index (χ1v) is 10.8. The number of amides is 4. The summed E-state index contributed by atoms with van der Waals surface area (Å²) in [5, 5.41) is 25.7. The zero-order valence-electron chi connectivity index (χ0n) is 19.2. The minimum absolute atomic E-state index is 0.0742. The van der Waals surface area contributed by atoms with Crippen LogP contribution in [0.15, 0.2) is 30.3 Å². The van der Waals surface area contributed by atoms with Crippen molar-refractivity contribution in [3.8, 4) is 0 Å². The van der Waals surface area contributed by atoms with Crippen molar-refractivity contribution in [3.05, 3.63) is 35.9 Å².